The van der Waals surface area contributed by atoms with Gasteiger partial charge >= 0.3 is 0 Å². The predicted molar refractivity (Wildman–Crippen MR) is 86.0 cm³/mol. The van der Waals surface area contributed by atoms with Crippen LogP contribution in [0.15, 0.2) is 24.3 Å². The molecule has 20 heavy (non-hydrogen) atoms. The molecule has 0 saturated carbocycles. The third kappa shape index (κ3) is 5.29. The molecule has 0 radical (unpaired) electrons. The van der Waals surface area contributed by atoms with Crippen molar-refractivity contribution in [1.29, 1.82) is 0 Å². The van der Waals surface area contributed by atoms with Crippen LogP contribution in [0.1, 0.15) is 38.8 Å². The first-order valence-electron chi connectivity index (χ1n) is 7.36. The number of nitrogens with zero attached hydrogens (tertiary/aromatic N) is 2. The Morgan fingerprint density at radius 3 is 1.20 bits per heavy atom. The van der Waals surface area contributed by atoms with Crippen LogP contribution in [0.2, 0.25) is 0 Å². The maximum absolute atomic E-state index is 3.18. The van der Waals surface area contributed by atoms with Gasteiger partial charge in [0.2, 0.25) is 0 Å². The van der Waals surface area contributed by atoms with Crippen molar-refractivity contribution in [3.8, 4) is 23.9 Å². The summed E-state index contributed by atoms with van der Waals surface area (Å²) >= 11 is 0. The molecule has 1 aromatic rings. The van der Waals surface area contributed by atoms with Gasteiger partial charge in [0.15, 0.2) is 0 Å². The van der Waals surface area contributed by atoms with Gasteiger partial charge in [0.05, 0.1) is 0 Å². The van der Waals surface area contributed by atoms with E-state index in [1.807, 2.05) is 24.3 Å². The van der Waals surface area contributed by atoms with E-state index in [1.54, 1.807) is 0 Å². The molecular formula is C18H24N2. The fraction of sp³-hybridized carbons (Fsp3) is 0.444. The van der Waals surface area contributed by atoms with Crippen molar-refractivity contribution in [2.45, 2.75) is 27.7 Å². The largest absolute Gasteiger partial charge is 0.333 e. The van der Waals surface area contributed by atoms with Crippen molar-refractivity contribution in [1.82, 2.24) is 9.80 Å². The molecule has 0 fully saturated rings. The van der Waals surface area contributed by atoms with E-state index in [0.717, 1.165) is 37.3 Å². The molecule has 1 rings (SSSR count). The summed E-state index contributed by atoms with van der Waals surface area (Å²) in [4.78, 5) is 4.18. The summed E-state index contributed by atoms with van der Waals surface area (Å²) in [5.74, 6) is 6.36. The second-order valence-electron chi connectivity index (χ2n) is 4.40. The van der Waals surface area contributed by atoms with Gasteiger partial charge in [0.25, 0.3) is 0 Å². The first-order chi connectivity index (χ1) is 9.73. The summed E-state index contributed by atoms with van der Waals surface area (Å²) in [6, 6.07) is 14.4. The monoisotopic (exact) mass is 268 g/mol. The van der Waals surface area contributed by atoms with Crippen LogP contribution in [0, 0.1) is 23.9 Å². The standard InChI is InChI=1S/C18H24N2/c1-5-19(6-2)15-13-17-9-11-18(12-10-17)14-16-20(7-3)8-4/h9-12H,5-8H2,1-4H3. The molecule has 0 heterocycles. The number of hydrogen-bond acceptors (Lipinski definition) is 2. The Morgan fingerprint density at radius 1 is 0.650 bits per heavy atom. The van der Waals surface area contributed by atoms with Gasteiger partial charge in [-0.15, -0.1) is 0 Å². The topological polar surface area (TPSA) is 6.48 Å². The fourth-order valence-electron chi connectivity index (χ4n) is 1.69. The molecule has 0 unspecified atom stereocenters. The van der Waals surface area contributed by atoms with Gasteiger partial charge in [0, 0.05) is 49.4 Å². The minimum absolute atomic E-state index is 0.955. The van der Waals surface area contributed by atoms with E-state index >= 15 is 0 Å². The van der Waals surface area contributed by atoms with Crippen LogP contribution in [0.25, 0.3) is 0 Å². The van der Waals surface area contributed by atoms with E-state index in [-0.39, 0.29) is 0 Å². The fourth-order valence-corrected chi connectivity index (χ4v) is 1.69. The average molecular weight is 268 g/mol. The molecular weight excluding hydrogens is 244 g/mol. The quantitative estimate of drug-likeness (QED) is 0.612. The van der Waals surface area contributed by atoms with Crippen molar-refractivity contribution in [2.75, 3.05) is 26.2 Å². The maximum atomic E-state index is 3.18. The Hall–Kier alpha value is -2.06. The zero-order chi connectivity index (χ0) is 14.8. The highest BCUT2D eigenvalue weighted by atomic mass is 15.1. The van der Waals surface area contributed by atoms with Crippen LogP contribution in [-0.2, 0) is 0 Å². The van der Waals surface area contributed by atoms with E-state index < -0.39 is 0 Å². The molecule has 0 N–H and O–H groups in total. The summed E-state index contributed by atoms with van der Waals surface area (Å²) < 4.78 is 0. The molecule has 0 saturated heterocycles. The van der Waals surface area contributed by atoms with Crippen molar-refractivity contribution >= 4 is 0 Å². The molecule has 0 aromatic heterocycles. The molecule has 0 spiro atoms. The van der Waals surface area contributed by atoms with Crippen LogP contribution in [0.5, 0.6) is 0 Å². The Balaban J connectivity index is 2.74. The normalized spacial score (nSPS) is 9.00. The Labute approximate surface area is 123 Å². The molecule has 2 nitrogen and oxygen atoms in total. The summed E-state index contributed by atoms with van der Waals surface area (Å²) in [6.07, 6.45) is 0. The van der Waals surface area contributed by atoms with Gasteiger partial charge in [-0.3, -0.25) is 0 Å². The van der Waals surface area contributed by atoms with Crippen LogP contribution < -0.4 is 0 Å². The Bertz CT molecular complexity index is 451. The Morgan fingerprint density at radius 2 is 0.950 bits per heavy atom. The van der Waals surface area contributed by atoms with Crippen LogP contribution in [-0.4, -0.2) is 36.0 Å². The van der Waals surface area contributed by atoms with Crippen LogP contribution in [0.4, 0.5) is 0 Å². The van der Waals surface area contributed by atoms with Gasteiger partial charge in [-0.1, -0.05) is 0 Å². The molecule has 106 valence electrons. The molecule has 0 bridgehead atoms. The lowest BCUT2D eigenvalue weighted by Gasteiger charge is -2.10. The summed E-state index contributed by atoms with van der Waals surface area (Å²) in [6.45, 7) is 12.3. The second kappa shape index (κ2) is 8.94. The minimum Gasteiger partial charge on any atom is -0.333 e. The van der Waals surface area contributed by atoms with E-state index in [1.165, 1.54) is 0 Å². The van der Waals surface area contributed by atoms with Gasteiger partial charge < -0.3 is 9.80 Å². The summed E-state index contributed by atoms with van der Waals surface area (Å²) in [7, 11) is 0. The lowest BCUT2D eigenvalue weighted by atomic mass is 10.1. The third-order valence-corrected chi connectivity index (χ3v) is 3.13. The molecule has 0 aliphatic rings. The maximum Gasteiger partial charge on any atom is 0.0264 e. The van der Waals surface area contributed by atoms with Gasteiger partial charge in [0.1, 0.15) is 0 Å². The zero-order valence-corrected chi connectivity index (χ0v) is 13.0. The molecule has 2 heteroatoms. The highest BCUT2D eigenvalue weighted by molar-refractivity contribution is 5.41. The van der Waals surface area contributed by atoms with Crippen molar-refractivity contribution in [3.05, 3.63) is 35.4 Å². The molecule has 0 atom stereocenters. The van der Waals surface area contributed by atoms with Crippen molar-refractivity contribution in [2.24, 2.45) is 0 Å². The predicted octanol–water partition coefficient (Wildman–Crippen LogP) is 2.99. The molecule has 1 aromatic carbocycles. The van der Waals surface area contributed by atoms with Gasteiger partial charge in [-0.25, -0.2) is 0 Å². The summed E-state index contributed by atoms with van der Waals surface area (Å²) in [5, 5.41) is 0. The SMILES string of the molecule is CCN(C#Cc1ccc(C#CN(CC)CC)cc1)CC. The summed E-state index contributed by atoms with van der Waals surface area (Å²) in [5.41, 5.74) is 2.07. The van der Waals surface area contributed by atoms with Gasteiger partial charge in [-0.2, -0.15) is 0 Å². The second-order valence-corrected chi connectivity index (χ2v) is 4.40. The first-order valence-corrected chi connectivity index (χ1v) is 7.36. The smallest absolute Gasteiger partial charge is 0.0264 e. The highest BCUT2D eigenvalue weighted by Crippen LogP contribution is 2.02. The molecule has 0 aliphatic heterocycles. The Kier molecular flexibility index (Phi) is 7.15. The van der Waals surface area contributed by atoms with E-state index in [2.05, 4.69) is 61.4 Å². The number of rotatable bonds is 4. The minimum atomic E-state index is 0.955. The van der Waals surface area contributed by atoms with Gasteiger partial charge in [-0.05, 0) is 63.8 Å². The van der Waals surface area contributed by atoms with E-state index in [9.17, 15) is 0 Å². The zero-order valence-electron chi connectivity index (χ0n) is 13.0. The third-order valence-electron chi connectivity index (χ3n) is 3.13. The number of hydrogen-bond donors (Lipinski definition) is 0. The number of benzene rings is 1. The van der Waals surface area contributed by atoms with Crippen molar-refractivity contribution in [3.63, 3.8) is 0 Å². The molecule has 0 amide bonds. The van der Waals surface area contributed by atoms with Crippen molar-refractivity contribution < 1.29 is 0 Å². The van der Waals surface area contributed by atoms with E-state index in [0.29, 0.717) is 0 Å². The lowest BCUT2D eigenvalue weighted by Crippen LogP contribution is -2.15. The highest BCUT2D eigenvalue weighted by Gasteiger charge is 1.92. The first kappa shape index (κ1) is 16.0. The molecule has 0 aliphatic carbocycles. The lowest BCUT2D eigenvalue weighted by molar-refractivity contribution is 0.444. The average Bonchev–Trinajstić information content (AvgIpc) is 2.50. The van der Waals surface area contributed by atoms with E-state index in [4.69, 9.17) is 0 Å². The van der Waals surface area contributed by atoms with Crippen LogP contribution >= 0.6 is 0 Å². The van der Waals surface area contributed by atoms with Crippen LogP contribution in [0.3, 0.4) is 0 Å².